The van der Waals surface area contributed by atoms with Crippen LogP contribution in [0.2, 0.25) is 0 Å². The molecule has 0 aromatic heterocycles. The lowest BCUT2D eigenvalue weighted by molar-refractivity contribution is -0.222. The van der Waals surface area contributed by atoms with Crippen molar-refractivity contribution in [1.82, 2.24) is 0 Å². The molecule has 0 amide bonds. The van der Waals surface area contributed by atoms with Gasteiger partial charge in [0.05, 0.1) is 12.8 Å². The van der Waals surface area contributed by atoms with Gasteiger partial charge in [0.25, 0.3) is 5.79 Å². The van der Waals surface area contributed by atoms with Crippen LogP contribution in [-0.2, 0) is 19.1 Å². The highest BCUT2D eigenvalue weighted by Gasteiger charge is 2.39. The molecule has 2 rings (SSSR count). The predicted octanol–water partition coefficient (Wildman–Crippen LogP) is 2.27. The Balaban J connectivity index is 2.27. The number of benzene rings is 1. The molecule has 6 nitrogen and oxygen atoms in total. The lowest BCUT2D eigenvalue weighted by Crippen LogP contribution is -2.42. The molecule has 1 aromatic carbocycles. The molecule has 1 heterocycles. The van der Waals surface area contributed by atoms with Crippen LogP contribution in [0.5, 0.6) is 5.75 Å². The third kappa shape index (κ3) is 3.03. The number of ether oxygens (including phenoxy) is 3. The first kappa shape index (κ1) is 15.8. The van der Waals surface area contributed by atoms with Crippen molar-refractivity contribution in [2.45, 2.75) is 26.6 Å². The molecule has 118 valence electrons. The summed E-state index contributed by atoms with van der Waals surface area (Å²) in [4.78, 5) is 23.6. The quantitative estimate of drug-likeness (QED) is 0.524. The highest BCUT2D eigenvalue weighted by molar-refractivity contribution is 6.15. The molecule has 0 radical (unpaired) electrons. The lowest BCUT2D eigenvalue weighted by atomic mass is 10.1. The Bertz CT molecular complexity index is 644. The monoisotopic (exact) mass is 309 g/mol. The maximum atomic E-state index is 13.5. The molecule has 22 heavy (non-hydrogen) atoms. The zero-order valence-electron chi connectivity index (χ0n) is 12.7. The minimum absolute atomic E-state index is 0.273. The van der Waals surface area contributed by atoms with Gasteiger partial charge in [0.1, 0.15) is 11.6 Å². The first-order valence-electron chi connectivity index (χ1n) is 6.51. The Morgan fingerprint density at radius 1 is 1.23 bits per heavy atom. The first-order valence-corrected chi connectivity index (χ1v) is 6.51. The second-order valence-electron chi connectivity index (χ2n) is 5.13. The Morgan fingerprint density at radius 2 is 1.82 bits per heavy atom. The van der Waals surface area contributed by atoms with E-state index in [-0.39, 0.29) is 11.3 Å². The highest BCUT2D eigenvalue weighted by Crippen LogP contribution is 2.31. The topological polar surface area (TPSA) is 73.9 Å². The third-order valence-corrected chi connectivity index (χ3v) is 3.03. The normalized spacial score (nSPS) is 16.7. The maximum absolute atomic E-state index is 13.5. The smallest absolute Gasteiger partial charge is 0.350 e. The maximum Gasteiger partial charge on any atom is 0.350 e. The van der Waals surface area contributed by atoms with Crippen LogP contribution in [0.4, 0.5) is 10.1 Å². The minimum atomic E-state index is -1.30. The van der Waals surface area contributed by atoms with E-state index in [0.29, 0.717) is 11.3 Å². The molecule has 1 aromatic rings. The van der Waals surface area contributed by atoms with Crippen molar-refractivity contribution in [3.63, 3.8) is 0 Å². The number of carbonyl (C=O) groups excluding carboxylic acids is 2. The van der Waals surface area contributed by atoms with Crippen molar-refractivity contribution in [2.24, 2.45) is 0 Å². The van der Waals surface area contributed by atoms with E-state index in [1.54, 1.807) is 6.92 Å². The fourth-order valence-corrected chi connectivity index (χ4v) is 1.97. The van der Waals surface area contributed by atoms with E-state index in [0.717, 1.165) is 6.20 Å². The van der Waals surface area contributed by atoms with Crippen LogP contribution in [0.15, 0.2) is 23.9 Å². The van der Waals surface area contributed by atoms with Crippen LogP contribution in [0.3, 0.4) is 0 Å². The van der Waals surface area contributed by atoms with Crippen molar-refractivity contribution in [3.05, 3.63) is 35.3 Å². The number of rotatable bonds is 3. The van der Waals surface area contributed by atoms with Gasteiger partial charge in [-0.15, -0.1) is 0 Å². The van der Waals surface area contributed by atoms with E-state index >= 15 is 0 Å². The van der Waals surface area contributed by atoms with Gasteiger partial charge >= 0.3 is 11.9 Å². The van der Waals surface area contributed by atoms with Crippen LogP contribution in [0.1, 0.15) is 19.4 Å². The second kappa shape index (κ2) is 5.67. The van der Waals surface area contributed by atoms with Gasteiger partial charge in [-0.05, 0) is 19.1 Å². The summed E-state index contributed by atoms with van der Waals surface area (Å²) >= 11 is 0. The summed E-state index contributed by atoms with van der Waals surface area (Å²) in [6.07, 6.45) is 1.15. The molecule has 0 atom stereocenters. The van der Waals surface area contributed by atoms with Gasteiger partial charge in [-0.3, -0.25) is 0 Å². The van der Waals surface area contributed by atoms with E-state index in [1.165, 1.54) is 33.1 Å². The minimum Gasteiger partial charge on any atom is -0.494 e. The molecule has 1 aliphatic rings. The summed E-state index contributed by atoms with van der Waals surface area (Å²) in [6.45, 7) is 4.47. The summed E-state index contributed by atoms with van der Waals surface area (Å²) in [5.41, 5.74) is 0.420. The average Bonchev–Trinajstić information content (AvgIpc) is 2.40. The third-order valence-electron chi connectivity index (χ3n) is 3.03. The Labute approximate surface area is 126 Å². The molecule has 0 unspecified atom stereocenters. The summed E-state index contributed by atoms with van der Waals surface area (Å²) in [5.74, 6) is -3.04. The van der Waals surface area contributed by atoms with Crippen molar-refractivity contribution in [3.8, 4) is 5.75 Å². The van der Waals surface area contributed by atoms with Crippen molar-refractivity contribution in [2.75, 3.05) is 12.4 Å². The molecule has 1 fully saturated rings. The number of esters is 2. The molecule has 0 aliphatic carbocycles. The molecular weight excluding hydrogens is 293 g/mol. The molecule has 7 heteroatoms. The van der Waals surface area contributed by atoms with Gasteiger partial charge in [-0.1, -0.05) is 0 Å². The molecule has 0 saturated carbocycles. The lowest BCUT2D eigenvalue weighted by Gasteiger charge is -2.29. The van der Waals surface area contributed by atoms with Gasteiger partial charge in [0.15, 0.2) is 5.57 Å². The van der Waals surface area contributed by atoms with E-state index in [9.17, 15) is 14.0 Å². The second-order valence-corrected chi connectivity index (χ2v) is 5.13. The summed E-state index contributed by atoms with van der Waals surface area (Å²) < 4.78 is 28.5. The Kier molecular flexibility index (Phi) is 4.07. The highest BCUT2D eigenvalue weighted by atomic mass is 19.1. The number of hydrogen-bond acceptors (Lipinski definition) is 6. The zero-order chi connectivity index (χ0) is 16.5. The van der Waals surface area contributed by atoms with Gasteiger partial charge in [-0.25, -0.2) is 14.0 Å². The van der Waals surface area contributed by atoms with E-state index in [4.69, 9.17) is 14.2 Å². The number of nitrogens with one attached hydrogen (secondary N) is 1. The number of halogens is 1. The molecule has 1 saturated heterocycles. The number of anilines is 1. The zero-order valence-corrected chi connectivity index (χ0v) is 12.7. The fourth-order valence-electron chi connectivity index (χ4n) is 1.97. The standard InChI is InChI=1S/C15H16FNO5/c1-8-10(16)5-6-11(12(8)20-4)17-7-9-13(18)21-15(2,3)22-14(9)19/h5-7,17H,1-4H3. The van der Waals surface area contributed by atoms with Gasteiger partial charge in [0, 0.05) is 25.6 Å². The molecule has 1 aliphatic heterocycles. The van der Waals surface area contributed by atoms with Crippen molar-refractivity contribution >= 4 is 17.6 Å². The number of cyclic esters (lactones) is 2. The summed E-state index contributed by atoms with van der Waals surface area (Å²) in [5, 5.41) is 2.73. The van der Waals surface area contributed by atoms with Gasteiger partial charge in [-0.2, -0.15) is 0 Å². The van der Waals surface area contributed by atoms with E-state index < -0.39 is 23.5 Å². The van der Waals surface area contributed by atoms with Gasteiger partial charge < -0.3 is 19.5 Å². The molecule has 1 N–H and O–H groups in total. The van der Waals surface area contributed by atoms with Crippen molar-refractivity contribution < 1.29 is 28.2 Å². The van der Waals surface area contributed by atoms with E-state index in [1.807, 2.05) is 0 Å². The van der Waals surface area contributed by atoms with Crippen LogP contribution in [-0.4, -0.2) is 24.8 Å². The predicted molar refractivity (Wildman–Crippen MR) is 75.7 cm³/mol. The summed E-state index contributed by atoms with van der Waals surface area (Å²) in [7, 11) is 1.39. The van der Waals surface area contributed by atoms with Crippen LogP contribution < -0.4 is 10.1 Å². The fraction of sp³-hybridized carbons (Fsp3) is 0.333. The van der Waals surface area contributed by atoms with E-state index in [2.05, 4.69) is 5.32 Å². The number of methoxy groups -OCH3 is 1. The van der Waals surface area contributed by atoms with Crippen LogP contribution >= 0.6 is 0 Å². The molecule has 0 bridgehead atoms. The first-order chi connectivity index (χ1) is 10.2. The van der Waals surface area contributed by atoms with Gasteiger partial charge in [0.2, 0.25) is 0 Å². The average molecular weight is 309 g/mol. The van der Waals surface area contributed by atoms with Crippen molar-refractivity contribution in [1.29, 1.82) is 0 Å². The molecule has 0 spiro atoms. The Morgan fingerprint density at radius 3 is 2.36 bits per heavy atom. The summed E-state index contributed by atoms with van der Waals surface area (Å²) in [6, 6.07) is 2.68. The molecular formula is C15H16FNO5. The number of carbonyl (C=O) groups is 2. The SMILES string of the molecule is COc1c(NC=C2C(=O)OC(C)(C)OC2=O)ccc(F)c1C. The van der Waals surface area contributed by atoms with Crippen LogP contribution in [0.25, 0.3) is 0 Å². The number of hydrogen-bond donors (Lipinski definition) is 1. The Hall–Kier alpha value is -2.57. The largest absolute Gasteiger partial charge is 0.494 e. The van der Waals surface area contributed by atoms with Crippen LogP contribution in [0, 0.1) is 12.7 Å².